The van der Waals surface area contributed by atoms with Gasteiger partial charge in [-0.3, -0.25) is 14.5 Å². The zero-order valence-corrected chi connectivity index (χ0v) is 12.8. The Kier molecular flexibility index (Phi) is 3.25. The second kappa shape index (κ2) is 5.30. The van der Waals surface area contributed by atoms with Gasteiger partial charge in [0.1, 0.15) is 6.33 Å². The molecule has 1 aliphatic heterocycles. The molecule has 2 amide bonds. The van der Waals surface area contributed by atoms with Crippen LogP contribution in [0.2, 0.25) is 0 Å². The topological polar surface area (TPSA) is 68.1 Å². The van der Waals surface area contributed by atoms with Gasteiger partial charge in [-0.2, -0.15) is 0 Å². The van der Waals surface area contributed by atoms with Gasteiger partial charge in [0, 0.05) is 6.42 Å². The average molecular weight is 310 g/mol. The van der Waals surface area contributed by atoms with Gasteiger partial charge in [0.05, 0.1) is 17.6 Å². The zero-order chi connectivity index (χ0) is 15.9. The third-order valence-electron chi connectivity index (χ3n) is 4.91. The van der Waals surface area contributed by atoms with Gasteiger partial charge in [0.2, 0.25) is 11.8 Å². The fourth-order valence-corrected chi connectivity index (χ4v) is 3.68. The van der Waals surface area contributed by atoms with Crippen molar-refractivity contribution in [2.75, 3.05) is 0 Å². The van der Waals surface area contributed by atoms with Crippen LogP contribution in [-0.4, -0.2) is 31.5 Å². The standard InChI is InChI=1S/C17H18N4O2/c22-15-10-17(8-4-5-9-17)16(23)20(15)11-14-18-12-21(19-14)13-6-2-1-3-7-13/h1-3,6-7,12H,4-5,8-11H2. The summed E-state index contributed by atoms with van der Waals surface area (Å²) in [6, 6.07) is 9.64. The number of imide groups is 1. The molecule has 1 aromatic heterocycles. The lowest BCUT2D eigenvalue weighted by Crippen LogP contribution is -2.34. The Morgan fingerprint density at radius 3 is 2.57 bits per heavy atom. The van der Waals surface area contributed by atoms with E-state index >= 15 is 0 Å². The van der Waals surface area contributed by atoms with Crippen molar-refractivity contribution in [1.29, 1.82) is 0 Å². The van der Waals surface area contributed by atoms with Gasteiger partial charge in [0.25, 0.3) is 0 Å². The fourth-order valence-electron chi connectivity index (χ4n) is 3.68. The summed E-state index contributed by atoms with van der Waals surface area (Å²) >= 11 is 0. The largest absolute Gasteiger partial charge is 0.274 e. The van der Waals surface area contributed by atoms with Crippen molar-refractivity contribution in [2.45, 2.75) is 38.6 Å². The number of hydrogen-bond donors (Lipinski definition) is 0. The number of hydrogen-bond acceptors (Lipinski definition) is 4. The Balaban J connectivity index is 1.54. The molecular formula is C17H18N4O2. The van der Waals surface area contributed by atoms with Gasteiger partial charge in [-0.1, -0.05) is 31.0 Å². The number of nitrogens with zero attached hydrogens (tertiary/aromatic N) is 4. The Morgan fingerprint density at radius 2 is 1.83 bits per heavy atom. The van der Waals surface area contributed by atoms with Crippen LogP contribution in [0.1, 0.15) is 37.9 Å². The molecule has 1 aliphatic carbocycles. The molecule has 6 heteroatoms. The highest BCUT2D eigenvalue weighted by atomic mass is 16.2. The van der Waals surface area contributed by atoms with Crippen molar-refractivity contribution in [3.8, 4) is 5.69 Å². The molecule has 0 N–H and O–H groups in total. The van der Waals surface area contributed by atoms with Gasteiger partial charge in [-0.05, 0) is 25.0 Å². The lowest BCUT2D eigenvalue weighted by atomic mass is 9.84. The third kappa shape index (κ3) is 2.34. The Labute approximate surface area is 134 Å². The van der Waals surface area contributed by atoms with Crippen molar-refractivity contribution >= 4 is 11.8 Å². The monoisotopic (exact) mass is 310 g/mol. The molecule has 1 aromatic carbocycles. The van der Waals surface area contributed by atoms with E-state index in [1.54, 1.807) is 11.0 Å². The molecule has 2 fully saturated rings. The lowest BCUT2D eigenvalue weighted by Gasteiger charge is -2.20. The van der Waals surface area contributed by atoms with E-state index in [4.69, 9.17) is 0 Å². The Hall–Kier alpha value is -2.50. The Bertz CT molecular complexity index is 747. The van der Waals surface area contributed by atoms with E-state index in [0.717, 1.165) is 31.4 Å². The molecule has 0 radical (unpaired) electrons. The maximum Gasteiger partial charge on any atom is 0.236 e. The van der Waals surface area contributed by atoms with E-state index in [1.165, 1.54) is 4.90 Å². The molecule has 118 valence electrons. The first-order chi connectivity index (χ1) is 11.2. The van der Waals surface area contributed by atoms with Crippen LogP contribution in [0.5, 0.6) is 0 Å². The minimum Gasteiger partial charge on any atom is -0.274 e. The van der Waals surface area contributed by atoms with Crippen molar-refractivity contribution in [3.63, 3.8) is 0 Å². The second-order valence-corrected chi connectivity index (χ2v) is 6.39. The molecule has 6 nitrogen and oxygen atoms in total. The summed E-state index contributed by atoms with van der Waals surface area (Å²) < 4.78 is 1.66. The highest BCUT2D eigenvalue weighted by molar-refractivity contribution is 6.05. The highest BCUT2D eigenvalue weighted by Gasteiger charge is 2.52. The normalized spacial score (nSPS) is 19.9. The molecule has 2 aliphatic rings. The summed E-state index contributed by atoms with van der Waals surface area (Å²) in [5.41, 5.74) is 0.469. The maximum atomic E-state index is 12.7. The number of aromatic nitrogens is 3. The number of rotatable bonds is 3. The van der Waals surface area contributed by atoms with Gasteiger partial charge in [-0.25, -0.2) is 9.67 Å². The average Bonchev–Trinajstić information content (AvgIpc) is 3.27. The summed E-state index contributed by atoms with van der Waals surface area (Å²) in [6.07, 6.45) is 5.70. The summed E-state index contributed by atoms with van der Waals surface area (Å²) in [4.78, 5) is 30.5. The van der Waals surface area contributed by atoms with Crippen molar-refractivity contribution < 1.29 is 9.59 Å². The molecule has 1 saturated carbocycles. The van der Waals surface area contributed by atoms with Crippen molar-refractivity contribution in [3.05, 3.63) is 42.5 Å². The van der Waals surface area contributed by atoms with Crippen LogP contribution in [0.15, 0.2) is 36.7 Å². The van der Waals surface area contributed by atoms with E-state index < -0.39 is 5.41 Å². The van der Waals surface area contributed by atoms with Gasteiger partial charge in [0.15, 0.2) is 5.82 Å². The first kappa shape index (κ1) is 14.1. The van der Waals surface area contributed by atoms with E-state index in [2.05, 4.69) is 10.1 Å². The SMILES string of the molecule is O=C1CC2(CCCC2)C(=O)N1Cc1ncn(-c2ccccc2)n1. The van der Waals surface area contributed by atoms with E-state index in [1.807, 2.05) is 30.3 Å². The zero-order valence-electron chi connectivity index (χ0n) is 12.8. The second-order valence-electron chi connectivity index (χ2n) is 6.39. The molecule has 2 aromatic rings. The van der Waals surface area contributed by atoms with E-state index in [-0.39, 0.29) is 18.4 Å². The minimum absolute atomic E-state index is 0.0314. The summed E-state index contributed by atoms with van der Waals surface area (Å²) in [7, 11) is 0. The minimum atomic E-state index is -0.431. The first-order valence-corrected chi connectivity index (χ1v) is 7.99. The number of likely N-dealkylation sites (tertiary alicyclic amines) is 1. The van der Waals surface area contributed by atoms with Gasteiger partial charge in [-0.15, -0.1) is 5.10 Å². The summed E-state index contributed by atoms with van der Waals surface area (Å²) in [5.74, 6) is 0.370. The summed E-state index contributed by atoms with van der Waals surface area (Å²) in [5, 5.41) is 4.39. The fraction of sp³-hybridized carbons (Fsp3) is 0.412. The van der Waals surface area contributed by atoms with Gasteiger partial charge >= 0.3 is 0 Å². The van der Waals surface area contributed by atoms with E-state index in [0.29, 0.717) is 12.2 Å². The van der Waals surface area contributed by atoms with Crippen molar-refractivity contribution in [1.82, 2.24) is 19.7 Å². The molecule has 1 spiro atoms. The van der Waals surface area contributed by atoms with Crippen LogP contribution in [-0.2, 0) is 16.1 Å². The lowest BCUT2D eigenvalue weighted by molar-refractivity contribution is -0.142. The van der Waals surface area contributed by atoms with E-state index in [9.17, 15) is 9.59 Å². The van der Waals surface area contributed by atoms with Crippen molar-refractivity contribution in [2.24, 2.45) is 5.41 Å². The predicted molar refractivity (Wildman–Crippen MR) is 82.4 cm³/mol. The maximum absolute atomic E-state index is 12.7. The van der Waals surface area contributed by atoms with Crippen LogP contribution >= 0.6 is 0 Å². The number of benzene rings is 1. The van der Waals surface area contributed by atoms with Crippen LogP contribution < -0.4 is 0 Å². The van der Waals surface area contributed by atoms with Crippen LogP contribution in [0.25, 0.3) is 5.69 Å². The number of amides is 2. The Morgan fingerprint density at radius 1 is 1.09 bits per heavy atom. The van der Waals surface area contributed by atoms with Crippen LogP contribution in [0.3, 0.4) is 0 Å². The van der Waals surface area contributed by atoms with Gasteiger partial charge < -0.3 is 0 Å². The summed E-state index contributed by atoms with van der Waals surface area (Å²) in [6.45, 7) is 0.166. The number of para-hydroxylation sites is 1. The molecular weight excluding hydrogens is 292 g/mol. The number of carbonyl (C=O) groups excluding carboxylic acids is 2. The molecule has 0 unspecified atom stereocenters. The molecule has 0 atom stereocenters. The highest BCUT2D eigenvalue weighted by Crippen LogP contribution is 2.47. The molecule has 0 bridgehead atoms. The quantitative estimate of drug-likeness (QED) is 0.814. The predicted octanol–water partition coefficient (Wildman–Crippen LogP) is 2.09. The molecule has 1 saturated heterocycles. The molecule has 4 rings (SSSR count). The molecule has 23 heavy (non-hydrogen) atoms. The smallest absolute Gasteiger partial charge is 0.236 e. The third-order valence-corrected chi connectivity index (χ3v) is 4.91. The number of carbonyl (C=O) groups is 2. The van der Waals surface area contributed by atoms with Crippen LogP contribution in [0.4, 0.5) is 0 Å². The van der Waals surface area contributed by atoms with Crippen LogP contribution in [0, 0.1) is 5.41 Å². The first-order valence-electron chi connectivity index (χ1n) is 7.99. The molecule has 2 heterocycles.